The Morgan fingerprint density at radius 1 is 1.08 bits per heavy atom. The Labute approximate surface area is 69.1 Å². The first-order valence-electron chi connectivity index (χ1n) is 2.85. The highest BCUT2D eigenvalue weighted by atomic mass is 32.5. The summed E-state index contributed by atoms with van der Waals surface area (Å²) in [5.41, 5.74) is 0. The second-order valence-corrected chi connectivity index (χ2v) is 4.64. The van der Waals surface area contributed by atoms with E-state index in [9.17, 15) is 23.8 Å². The molecule has 0 aliphatic rings. The number of rotatable bonds is 1. The molecule has 0 amide bonds. The minimum atomic E-state index is -9.91. The van der Waals surface area contributed by atoms with Gasteiger partial charge in [-0.05, 0) is 12.1 Å². The van der Waals surface area contributed by atoms with E-state index in [0.29, 0.717) is 12.3 Å². The number of halogens is 6. The normalized spacial score (nSPS) is 17.7. The highest BCUT2D eigenvalue weighted by Crippen LogP contribution is 3.02. The molecule has 0 N–H and O–H groups in total. The van der Waals surface area contributed by atoms with E-state index in [1.165, 1.54) is 0 Å². The van der Waals surface area contributed by atoms with Gasteiger partial charge in [0.25, 0.3) is 0 Å². The third-order valence-corrected chi connectivity index (χ3v) is 2.28. The zero-order chi connectivity index (χ0) is 10.4. The third kappa shape index (κ3) is 2.27. The van der Waals surface area contributed by atoms with Crippen molar-refractivity contribution >= 4 is 10.2 Å². The molecule has 0 radical (unpaired) electrons. The summed E-state index contributed by atoms with van der Waals surface area (Å²) in [6, 6.07) is 0.556. The Hall–Kier alpha value is -0.920. The molecule has 0 unspecified atom stereocenters. The summed E-state index contributed by atoms with van der Waals surface area (Å²) >= 11 is 0. The van der Waals surface area contributed by atoms with Crippen molar-refractivity contribution in [3.05, 3.63) is 24.3 Å². The molecule has 0 aliphatic carbocycles. The first-order valence-corrected chi connectivity index (χ1v) is 4.80. The van der Waals surface area contributed by atoms with Gasteiger partial charge in [0, 0.05) is 6.20 Å². The van der Waals surface area contributed by atoms with Crippen LogP contribution in [0.3, 0.4) is 0 Å². The van der Waals surface area contributed by atoms with Gasteiger partial charge in [0.15, 0.2) is 4.90 Å². The summed E-state index contributed by atoms with van der Waals surface area (Å²) in [6.07, 6.45) is 0.655. The SMILES string of the molecule is Fc1ncccc1S(F)(F)(F)(F)F. The summed E-state index contributed by atoms with van der Waals surface area (Å²) in [5, 5.41) is 0. The van der Waals surface area contributed by atoms with Crippen molar-refractivity contribution < 1.29 is 23.8 Å². The highest BCUT2D eigenvalue weighted by Gasteiger charge is 2.67. The van der Waals surface area contributed by atoms with Crippen LogP contribution in [0.15, 0.2) is 23.2 Å². The molecule has 0 bridgehead atoms. The van der Waals surface area contributed by atoms with Crippen molar-refractivity contribution in [1.29, 1.82) is 0 Å². The van der Waals surface area contributed by atoms with Crippen LogP contribution in [0.4, 0.5) is 23.8 Å². The molecule has 1 aromatic rings. The number of hydrogen-bond acceptors (Lipinski definition) is 1. The van der Waals surface area contributed by atoms with E-state index in [1.807, 2.05) is 0 Å². The monoisotopic (exact) mass is 223 g/mol. The molecule has 1 nitrogen and oxygen atoms in total. The van der Waals surface area contributed by atoms with E-state index in [0.717, 1.165) is 0 Å². The molecule has 13 heavy (non-hydrogen) atoms. The van der Waals surface area contributed by atoms with Crippen LogP contribution >= 0.6 is 10.2 Å². The molecule has 76 valence electrons. The number of hydrogen-bond donors (Lipinski definition) is 0. The van der Waals surface area contributed by atoms with E-state index in [1.54, 1.807) is 0 Å². The van der Waals surface area contributed by atoms with Crippen LogP contribution in [0, 0.1) is 5.95 Å². The summed E-state index contributed by atoms with van der Waals surface area (Å²) in [4.78, 5) is -0.0822. The second kappa shape index (κ2) is 1.94. The zero-order valence-electron chi connectivity index (χ0n) is 5.86. The quantitative estimate of drug-likeness (QED) is 0.520. The molecule has 1 heterocycles. The molecule has 0 aliphatic heterocycles. The van der Waals surface area contributed by atoms with Gasteiger partial charge in [0.2, 0.25) is 5.95 Å². The fraction of sp³-hybridized carbons (Fsp3) is 0. The minimum Gasteiger partial charge on any atom is -0.227 e. The smallest absolute Gasteiger partial charge is 0.227 e. The number of nitrogens with zero attached hydrogens (tertiary/aromatic N) is 1. The molecule has 8 heteroatoms. The van der Waals surface area contributed by atoms with Crippen molar-refractivity contribution in [3.63, 3.8) is 0 Å². The average molecular weight is 223 g/mol. The van der Waals surface area contributed by atoms with Crippen LogP contribution in [0.25, 0.3) is 0 Å². The van der Waals surface area contributed by atoms with E-state index >= 15 is 0 Å². The van der Waals surface area contributed by atoms with E-state index in [4.69, 9.17) is 0 Å². The molecule has 0 aromatic carbocycles. The summed E-state index contributed by atoms with van der Waals surface area (Å²) < 4.78 is 71.9. The lowest BCUT2D eigenvalue weighted by molar-refractivity contribution is 0.352. The van der Waals surface area contributed by atoms with E-state index in [2.05, 4.69) is 4.98 Å². The van der Waals surface area contributed by atoms with Crippen LogP contribution in [-0.2, 0) is 0 Å². The van der Waals surface area contributed by atoms with Crippen LogP contribution in [-0.4, -0.2) is 4.98 Å². The molecular weight excluding hydrogens is 220 g/mol. The maximum atomic E-state index is 12.3. The Bertz CT molecular complexity index is 342. The topological polar surface area (TPSA) is 12.9 Å². The Kier molecular flexibility index (Phi) is 1.52. The maximum absolute atomic E-state index is 12.3. The van der Waals surface area contributed by atoms with Gasteiger partial charge in [0.1, 0.15) is 0 Å². The minimum absolute atomic E-state index is 0.0378. The summed E-state index contributed by atoms with van der Waals surface area (Å²) in [6.45, 7) is 0. The molecular formula is C5H3F6NS. The predicted octanol–water partition coefficient (Wildman–Crippen LogP) is 3.88. The lowest BCUT2D eigenvalue weighted by Crippen LogP contribution is -2.09. The Morgan fingerprint density at radius 2 is 1.62 bits per heavy atom. The van der Waals surface area contributed by atoms with Gasteiger partial charge in [-0.15, -0.1) is 0 Å². The number of pyridine rings is 1. The Morgan fingerprint density at radius 3 is 1.92 bits per heavy atom. The molecule has 0 saturated carbocycles. The molecule has 0 fully saturated rings. The van der Waals surface area contributed by atoms with Gasteiger partial charge in [-0.2, -0.15) is 4.39 Å². The summed E-state index contributed by atoms with van der Waals surface area (Å²) in [7, 11) is -9.91. The van der Waals surface area contributed by atoms with E-state index < -0.39 is 21.1 Å². The Balaban J connectivity index is 3.50. The molecule has 0 spiro atoms. The molecule has 0 saturated heterocycles. The van der Waals surface area contributed by atoms with Crippen molar-refractivity contribution in [3.8, 4) is 0 Å². The lowest BCUT2D eigenvalue weighted by Gasteiger charge is -2.39. The molecule has 1 aromatic heterocycles. The van der Waals surface area contributed by atoms with Gasteiger partial charge in [-0.1, -0.05) is 19.4 Å². The second-order valence-electron chi connectivity index (χ2n) is 2.26. The zero-order valence-corrected chi connectivity index (χ0v) is 6.67. The van der Waals surface area contributed by atoms with Crippen LogP contribution < -0.4 is 0 Å². The lowest BCUT2D eigenvalue weighted by atomic mass is 10.5. The fourth-order valence-electron chi connectivity index (χ4n) is 0.659. The van der Waals surface area contributed by atoms with Gasteiger partial charge < -0.3 is 0 Å². The average Bonchev–Trinajstić information content (AvgIpc) is 1.82. The van der Waals surface area contributed by atoms with E-state index in [-0.39, 0.29) is 6.07 Å². The van der Waals surface area contributed by atoms with Gasteiger partial charge in [0.05, 0.1) is 0 Å². The standard InChI is InChI=1S/C5H3F6NS/c6-5-4(2-1-3-12-5)13(7,8,9,10)11/h1-3H. The molecule has 1 rings (SSSR count). The number of aromatic nitrogens is 1. The van der Waals surface area contributed by atoms with Crippen molar-refractivity contribution in [2.45, 2.75) is 4.90 Å². The highest BCUT2D eigenvalue weighted by molar-refractivity contribution is 8.45. The third-order valence-electron chi connectivity index (χ3n) is 1.14. The first kappa shape index (κ1) is 10.2. The van der Waals surface area contributed by atoms with Gasteiger partial charge in [-0.25, -0.2) is 4.98 Å². The summed E-state index contributed by atoms with van der Waals surface area (Å²) in [5.74, 6) is -2.21. The largest absolute Gasteiger partial charge is 0.314 e. The first-order chi connectivity index (χ1) is 5.50. The predicted molar refractivity (Wildman–Crippen MR) is 35.6 cm³/mol. The van der Waals surface area contributed by atoms with Gasteiger partial charge in [-0.3, -0.25) is 0 Å². The van der Waals surface area contributed by atoms with Crippen molar-refractivity contribution in [2.75, 3.05) is 0 Å². The fourth-order valence-corrected chi connectivity index (χ4v) is 1.37. The van der Waals surface area contributed by atoms with Crippen LogP contribution in [0.2, 0.25) is 0 Å². The van der Waals surface area contributed by atoms with Crippen LogP contribution in [0.1, 0.15) is 0 Å². The maximum Gasteiger partial charge on any atom is 0.314 e. The van der Waals surface area contributed by atoms with Gasteiger partial charge >= 0.3 is 10.2 Å². The van der Waals surface area contributed by atoms with Crippen molar-refractivity contribution in [2.24, 2.45) is 0 Å². The molecule has 0 atom stereocenters. The van der Waals surface area contributed by atoms with Crippen LogP contribution in [0.5, 0.6) is 0 Å². The van der Waals surface area contributed by atoms with Crippen molar-refractivity contribution in [1.82, 2.24) is 4.98 Å².